The van der Waals surface area contributed by atoms with Crippen molar-refractivity contribution < 1.29 is 9.59 Å². The van der Waals surface area contributed by atoms with Crippen LogP contribution in [0.2, 0.25) is 0 Å². The Morgan fingerprint density at radius 3 is 2.44 bits per heavy atom. The first-order chi connectivity index (χ1) is 12.0. The number of nitrogens with zero attached hydrogens (tertiary/aromatic N) is 2. The summed E-state index contributed by atoms with van der Waals surface area (Å²) >= 11 is 0. The maximum atomic E-state index is 12.9. The topological polar surface area (TPSA) is 52.7 Å². The molecule has 1 N–H and O–H groups in total. The zero-order valence-electron chi connectivity index (χ0n) is 15.5. The molecule has 1 saturated carbocycles. The number of amides is 2. The molecule has 0 bridgehead atoms. The average molecular weight is 343 g/mol. The maximum absolute atomic E-state index is 12.9. The third-order valence-electron chi connectivity index (χ3n) is 5.52. The molecule has 1 saturated heterocycles. The summed E-state index contributed by atoms with van der Waals surface area (Å²) in [6.07, 6.45) is 2.25. The van der Waals surface area contributed by atoms with Gasteiger partial charge in [-0.05, 0) is 50.8 Å². The molecule has 5 heteroatoms. The molecule has 5 nitrogen and oxygen atoms in total. The Morgan fingerprint density at radius 2 is 1.88 bits per heavy atom. The van der Waals surface area contributed by atoms with Gasteiger partial charge in [0.25, 0.3) is 0 Å². The summed E-state index contributed by atoms with van der Waals surface area (Å²) in [5.74, 6) is -0.0508. The van der Waals surface area contributed by atoms with Crippen LogP contribution in [-0.4, -0.2) is 48.9 Å². The Hall–Kier alpha value is -2.04. The summed E-state index contributed by atoms with van der Waals surface area (Å²) in [5, 5.41) is 3.00. The zero-order valence-corrected chi connectivity index (χ0v) is 15.5. The molecule has 3 rings (SSSR count). The molecule has 2 fully saturated rings. The van der Waals surface area contributed by atoms with E-state index in [0.717, 1.165) is 19.5 Å². The van der Waals surface area contributed by atoms with Gasteiger partial charge in [-0.2, -0.15) is 0 Å². The van der Waals surface area contributed by atoms with Crippen LogP contribution in [0, 0.1) is 12.3 Å². The number of anilines is 1. The van der Waals surface area contributed by atoms with Crippen LogP contribution in [0.25, 0.3) is 0 Å². The molecule has 0 spiro atoms. The minimum atomic E-state index is -0.783. The van der Waals surface area contributed by atoms with Gasteiger partial charge in [-0.1, -0.05) is 19.1 Å². The van der Waals surface area contributed by atoms with E-state index >= 15 is 0 Å². The van der Waals surface area contributed by atoms with E-state index in [4.69, 9.17) is 0 Å². The Bertz CT molecular complexity index is 646. The van der Waals surface area contributed by atoms with Gasteiger partial charge in [0.15, 0.2) is 0 Å². The molecule has 1 aromatic rings. The molecule has 1 unspecified atom stereocenters. The summed E-state index contributed by atoms with van der Waals surface area (Å²) < 4.78 is 0. The largest absolute Gasteiger partial charge is 0.368 e. The van der Waals surface area contributed by atoms with Gasteiger partial charge in [-0.25, -0.2) is 0 Å². The molecule has 25 heavy (non-hydrogen) atoms. The lowest BCUT2D eigenvalue weighted by molar-refractivity contribution is -0.144. The Morgan fingerprint density at radius 1 is 1.20 bits per heavy atom. The van der Waals surface area contributed by atoms with Crippen molar-refractivity contribution in [3.63, 3.8) is 0 Å². The highest BCUT2D eigenvalue weighted by molar-refractivity contribution is 6.08. The highest BCUT2D eigenvalue weighted by Crippen LogP contribution is 2.47. The second kappa shape index (κ2) is 7.06. The van der Waals surface area contributed by atoms with E-state index in [-0.39, 0.29) is 17.9 Å². The maximum Gasteiger partial charge on any atom is 0.238 e. The fourth-order valence-corrected chi connectivity index (χ4v) is 3.42. The normalized spacial score (nSPS) is 20.1. The second-order valence-corrected chi connectivity index (χ2v) is 7.48. The van der Waals surface area contributed by atoms with Gasteiger partial charge in [0.1, 0.15) is 5.41 Å². The van der Waals surface area contributed by atoms with Gasteiger partial charge in [-0.3, -0.25) is 9.59 Å². The Balaban J connectivity index is 1.59. The van der Waals surface area contributed by atoms with E-state index in [1.54, 1.807) is 0 Å². The SMILES string of the molecule is CCC(C)NC(=O)C1(C(=O)N2CCN(c3cccc(C)c3)CC2)CC1. The first-order valence-electron chi connectivity index (χ1n) is 9.38. The average Bonchev–Trinajstić information content (AvgIpc) is 3.43. The molecule has 0 radical (unpaired) electrons. The van der Waals surface area contributed by atoms with Crippen molar-refractivity contribution in [1.29, 1.82) is 0 Å². The summed E-state index contributed by atoms with van der Waals surface area (Å²) in [5.41, 5.74) is 1.67. The highest BCUT2D eigenvalue weighted by atomic mass is 16.2. The smallest absolute Gasteiger partial charge is 0.238 e. The van der Waals surface area contributed by atoms with E-state index in [9.17, 15) is 9.59 Å². The van der Waals surface area contributed by atoms with Crippen LogP contribution < -0.4 is 10.2 Å². The third kappa shape index (κ3) is 3.65. The fourth-order valence-electron chi connectivity index (χ4n) is 3.42. The Kier molecular flexibility index (Phi) is 5.02. The standard InChI is InChI=1S/C20H29N3O2/c1-4-16(3)21-18(24)20(8-9-20)19(25)23-12-10-22(11-13-23)17-7-5-6-15(2)14-17/h5-7,14,16H,4,8-13H2,1-3H3,(H,21,24). The van der Waals surface area contributed by atoms with Gasteiger partial charge in [0.2, 0.25) is 11.8 Å². The number of carbonyl (C=O) groups is 2. The van der Waals surface area contributed by atoms with E-state index in [2.05, 4.69) is 41.4 Å². The van der Waals surface area contributed by atoms with E-state index < -0.39 is 5.41 Å². The quantitative estimate of drug-likeness (QED) is 0.835. The fraction of sp³-hybridized carbons (Fsp3) is 0.600. The number of piperazine rings is 1. The van der Waals surface area contributed by atoms with Gasteiger partial charge >= 0.3 is 0 Å². The van der Waals surface area contributed by atoms with E-state index in [1.807, 2.05) is 18.7 Å². The van der Waals surface area contributed by atoms with Crippen molar-refractivity contribution in [2.24, 2.45) is 5.41 Å². The number of benzene rings is 1. The summed E-state index contributed by atoms with van der Waals surface area (Å²) in [7, 11) is 0. The van der Waals surface area contributed by atoms with Crippen molar-refractivity contribution in [2.75, 3.05) is 31.1 Å². The van der Waals surface area contributed by atoms with Crippen molar-refractivity contribution in [3.8, 4) is 0 Å². The van der Waals surface area contributed by atoms with Crippen LogP contribution >= 0.6 is 0 Å². The van der Waals surface area contributed by atoms with Gasteiger partial charge in [0, 0.05) is 37.9 Å². The summed E-state index contributed by atoms with van der Waals surface area (Å²) in [6.45, 7) is 9.12. The first-order valence-corrected chi connectivity index (χ1v) is 9.38. The third-order valence-corrected chi connectivity index (χ3v) is 5.52. The van der Waals surface area contributed by atoms with Crippen LogP contribution in [0.1, 0.15) is 38.7 Å². The monoisotopic (exact) mass is 343 g/mol. The lowest BCUT2D eigenvalue weighted by Crippen LogP contribution is -2.54. The van der Waals surface area contributed by atoms with Gasteiger partial charge < -0.3 is 15.1 Å². The predicted molar refractivity (Wildman–Crippen MR) is 99.5 cm³/mol. The molecule has 0 aromatic heterocycles. The zero-order chi connectivity index (χ0) is 18.0. The minimum Gasteiger partial charge on any atom is -0.368 e. The van der Waals surface area contributed by atoms with Gasteiger partial charge in [-0.15, -0.1) is 0 Å². The number of carbonyl (C=O) groups excluding carboxylic acids is 2. The minimum absolute atomic E-state index is 0.0252. The highest BCUT2D eigenvalue weighted by Gasteiger charge is 2.58. The van der Waals surface area contributed by atoms with E-state index in [0.29, 0.717) is 25.9 Å². The lowest BCUT2D eigenvalue weighted by Gasteiger charge is -2.37. The molecule has 2 aliphatic rings. The second-order valence-electron chi connectivity index (χ2n) is 7.48. The Labute approximate surface area is 150 Å². The number of nitrogens with one attached hydrogen (secondary N) is 1. The molecule has 1 aromatic carbocycles. The molecule has 1 heterocycles. The van der Waals surface area contributed by atoms with Crippen molar-refractivity contribution in [2.45, 2.75) is 46.1 Å². The van der Waals surface area contributed by atoms with Crippen LogP contribution in [-0.2, 0) is 9.59 Å². The summed E-state index contributed by atoms with van der Waals surface area (Å²) in [4.78, 5) is 29.7. The molecule has 136 valence electrons. The molecular weight excluding hydrogens is 314 g/mol. The van der Waals surface area contributed by atoms with Gasteiger partial charge in [0.05, 0.1) is 0 Å². The van der Waals surface area contributed by atoms with Crippen LogP contribution in [0.4, 0.5) is 5.69 Å². The summed E-state index contributed by atoms with van der Waals surface area (Å²) in [6, 6.07) is 8.58. The predicted octanol–water partition coefficient (Wildman–Crippen LogP) is 2.34. The molecule has 1 atom stereocenters. The lowest BCUT2D eigenvalue weighted by atomic mass is 10.0. The number of hydrogen-bond acceptors (Lipinski definition) is 3. The first kappa shape index (κ1) is 17.8. The molecule has 1 aliphatic carbocycles. The van der Waals surface area contributed by atoms with Crippen molar-refractivity contribution in [3.05, 3.63) is 29.8 Å². The van der Waals surface area contributed by atoms with Crippen LogP contribution in [0.5, 0.6) is 0 Å². The van der Waals surface area contributed by atoms with Crippen LogP contribution in [0.15, 0.2) is 24.3 Å². The van der Waals surface area contributed by atoms with E-state index in [1.165, 1.54) is 11.3 Å². The number of aryl methyl sites for hydroxylation is 1. The molecule has 1 aliphatic heterocycles. The molecular formula is C20H29N3O2. The molecule has 2 amide bonds. The number of hydrogen-bond donors (Lipinski definition) is 1. The van der Waals surface area contributed by atoms with Crippen LogP contribution in [0.3, 0.4) is 0 Å². The van der Waals surface area contributed by atoms with Crippen molar-refractivity contribution in [1.82, 2.24) is 10.2 Å². The number of rotatable bonds is 5. The van der Waals surface area contributed by atoms with Crippen molar-refractivity contribution >= 4 is 17.5 Å².